The second-order valence-corrected chi connectivity index (χ2v) is 6.63. The molecule has 2 aromatic carbocycles. The van der Waals surface area contributed by atoms with Gasteiger partial charge in [-0.15, -0.1) is 0 Å². The first-order valence-electron chi connectivity index (χ1n) is 8.64. The van der Waals surface area contributed by atoms with Crippen LogP contribution < -0.4 is 15.0 Å². The van der Waals surface area contributed by atoms with Gasteiger partial charge in [-0.05, 0) is 47.7 Å². The minimum Gasteiger partial charge on any atom is -0.493 e. The van der Waals surface area contributed by atoms with Crippen molar-refractivity contribution in [2.45, 2.75) is 13.3 Å². The molecule has 0 unspecified atom stereocenters. The number of rotatable bonds is 3. The molecule has 1 heterocycles. The third-order valence-corrected chi connectivity index (χ3v) is 4.97. The molecule has 1 aromatic heterocycles. The number of aryl methyl sites for hydroxylation is 1. The number of para-hydroxylation sites is 1. The number of carbonyl (C=O) groups is 1. The molecule has 0 amide bonds. The van der Waals surface area contributed by atoms with Crippen molar-refractivity contribution >= 4 is 22.8 Å². The third-order valence-electron chi connectivity index (χ3n) is 4.97. The highest BCUT2D eigenvalue weighted by molar-refractivity contribution is 6.16. The third kappa shape index (κ3) is 2.81. The second-order valence-electron chi connectivity index (χ2n) is 6.63. The summed E-state index contributed by atoms with van der Waals surface area (Å²) in [7, 11) is 3.10. The van der Waals surface area contributed by atoms with Gasteiger partial charge in [0.1, 0.15) is 0 Å². The molecular formula is C22H19NO4. The number of nitrogens with one attached hydrogen (secondary N) is 1. The quantitative estimate of drug-likeness (QED) is 0.723. The van der Waals surface area contributed by atoms with E-state index in [9.17, 15) is 9.59 Å². The number of fused-ring (bicyclic) bond motifs is 2. The van der Waals surface area contributed by atoms with Crippen molar-refractivity contribution < 1.29 is 14.3 Å². The summed E-state index contributed by atoms with van der Waals surface area (Å²) in [6.07, 6.45) is 2.14. The van der Waals surface area contributed by atoms with E-state index in [1.165, 1.54) is 7.11 Å². The van der Waals surface area contributed by atoms with Gasteiger partial charge in [-0.3, -0.25) is 9.59 Å². The summed E-state index contributed by atoms with van der Waals surface area (Å²) in [4.78, 5) is 28.2. The Morgan fingerprint density at radius 2 is 1.78 bits per heavy atom. The van der Waals surface area contributed by atoms with E-state index >= 15 is 0 Å². The summed E-state index contributed by atoms with van der Waals surface area (Å²) in [5, 5.41) is 0.938. The standard InChI is InChI=1S/C22H19NO4/c1-12-5-4-6-13-7-16(22(25)23-20(12)13)9-15-8-14-10-18(26-2)19(27-3)11-17(14)21(15)24/h4-7,9-11H,8H2,1-3H3,(H,23,25)/b15-9+. The first-order chi connectivity index (χ1) is 13.0. The lowest BCUT2D eigenvalue weighted by molar-refractivity contribution is 0.104. The van der Waals surface area contributed by atoms with Crippen LogP contribution in [0.5, 0.6) is 11.5 Å². The molecule has 0 bridgehead atoms. The molecular weight excluding hydrogens is 342 g/mol. The van der Waals surface area contributed by atoms with Gasteiger partial charge < -0.3 is 14.5 Å². The van der Waals surface area contributed by atoms with E-state index in [1.807, 2.05) is 37.3 Å². The van der Waals surface area contributed by atoms with E-state index in [0.29, 0.717) is 34.6 Å². The van der Waals surface area contributed by atoms with Crippen molar-refractivity contribution in [2.75, 3.05) is 14.2 Å². The van der Waals surface area contributed by atoms with Gasteiger partial charge in [-0.1, -0.05) is 18.2 Å². The molecule has 1 aliphatic rings. The SMILES string of the molecule is COc1cc2c(cc1OC)C(=O)/C(=C/c1cc3cccc(C)c3[nH]c1=O)C2. The number of methoxy groups -OCH3 is 2. The molecule has 27 heavy (non-hydrogen) atoms. The normalized spacial score (nSPS) is 14.6. The van der Waals surface area contributed by atoms with Crippen LogP contribution in [-0.2, 0) is 6.42 Å². The van der Waals surface area contributed by atoms with Gasteiger partial charge >= 0.3 is 0 Å². The topological polar surface area (TPSA) is 68.4 Å². The first kappa shape index (κ1) is 17.1. The Bertz CT molecular complexity index is 1170. The average molecular weight is 361 g/mol. The summed E-state index contributed by atoms with van der Waals surface area (Å²) in [5.74, 6) is 1.02. The van der Waals surface area contributed by atoms with Crippen LogP contribution in [0.3, 0.4) is 0 Å². The number of ether oxygens (including phenoxy) is 2. The van der Waals surface area contributed by atoms with Gasteiger partial charge in [0, 0.05) is 23.1 Å². The Labute approximate surface area is 156 Å². The fourth-order valence-electron chi connectivity index (χ4n) is 3.55. The van der Waals surface area contributed by atoms with E-state index in [0.717, 1.165) is 22.0 Å². The maximum Gasteiger partial charge on any atom is 0.255 e. The molecule has 0 atom stereocenters. The number of allylic oxidation sites excluding steroid dienone is 1. The maximum atomic E-state index is 12.8. The molecule has 1 N–H and O–H groups in total. The minimum absolute atomic E-state index is 0.0882. The first-order valence-corrected chi connectivity index (χ1v) is 8.64. The van der Waals surface area contributed by atoms with Crippen molar-refractivity contribution in [3.05, 3.63) is 74.6 Å². The fraction of sp³-hybridized carbons (Fsp3) is 0.182. The zero-order chi connectivity index (χ0) is 19.1. The van der Waals surface area contributed by atoms with Crippen LogP contribution in [0.2, 0.25) is 0 Å². The van der Waals surface area contributed by atoms with E-state index in [4.69, 9.17) is 9.47 Å². The van der Waals surface area contributed by atoms with Crippen LogP contribution in [0.25, 0.3) is 17.0 Å². The lowest BCUT2D eigenvalue weighted by Crippen LogP contribution is -2.10. The van der Waals surface area contributed by atoms with E-state index < -0.39 is 0 Å². The van der Waals surface area contributed by atoms with Crippen LogP contribution in [-0.4, -0.2) is 25.0 Å². The van der Waals surface area contributed by atoms with Gasteiger partial charge in [0.15, 0.2) is 17.3 Å². The summed E-state index contributed by atoms with van der Waals surface area (Å²) in [6.45, 7) is 1.95. The number of benzene rings is 2. The molecule has 0 saturated carbocycles. The number of ketones is 1. The molecule has 136 valence electrons. The van der Waals surface area contributed by atoms with Gasteiger partial charge in [0.25, 0.3) is 5.56 Å². The fourth-order valence-corrected chi connectivity index (χ4v) is 3.55. The van der Waals surface area contributed by atoms with Crippen LogP contribution in [0.15, 0.2) is 46.8 Å². The Morgan fingerprint density at radius 3 is 2.52 bits per heavy atom. The highest BCUT2D eigenvalue weighted by Crippen LogP contribution is 2.36. The van der Waals surface area contributed by atoms with Crippen molar-refractivity contribution in [1.29, 1.82) is 0 Å². The lowest BCUT2D eigenvalue weighted by atomic mass is 10.1. The van der Waals surface area contributed by atoms with Crippen molar-refractivity contribution in [2.24, 2.45) is 0 Å². The van der Waals surface area contributed by atoms with E-state index in [-0.39, 0.29) is 11.3 Å². The molecule has 5 heteroatoms. The van der Waals surface area contributed by atoms with Gasteiger partial charge in [0.05, 0.1) is 19.7 Å². The zero-order valence-corrected chi connectivity index (χ0v) is 15.4. The number of pyridine rings is 1. The lowest BCUT2D eigenvalue weighted by Gasteiger charge is -2.08. The number of Topliss-reactive ketones (excluding diaryl/α,β-unsaturated/α-hetero) is 1. The number of aromatic amines is 1. The Hall–Kier alpha value is -3.34. The van der Waals surface area contributed by atoms with Gasteiger partial charge in [-0.25, -0.2) is 0 Å². The minimum atomic E-state index is -0.205. The van der Waals surface area contributed by atoms with Gasteiger partial charge in [-0.2, -0.15) is 0 Å². The molecule has 0 spiro atoms. The molecule has 4 rings (SSSR count). The molecule has 5 nitrogen and oxygen atoms in total. The van der Waals surface area contributed by atoms with E-state index in [2.05, 4.69) is 4.98 Å². The van der Waals surface area contributed by atoms with Crippen LogP contribution in [0, 0.1) is 6.92 Å². The van der Waals surface area contributed by atoms with Crippen molar-refractivity contribution in [1.82, 2.24) is 4.98 Å². The summed E-state index contributed by atoms with van der Waals surface area (Å²) < 4.78 is 10.6. The highest BCUT2D eigenvalue weighted by atomic mass is 16.5. The number of hydrogen-bond donors (Lipinski definition) is 1. The predicted molar refractivity (Wildman–Crippen MR) is 105 cm³/mol. The second kappa shape index (κ2) is 6.43. The monoisotopic (exact) mass is 361 g/mol. The summed E-state index contributed by atoms with van der Waals surface area (Å²) in [5.41, 5.74) is 4.14. The van der Waals surface area contributed by atoms with E-state index in [1.54, 1.807) is 19.3 Å². The Morgan fingerprint density at radius 1 is 1.04 bits per heavy atom. The summed E-state index contributed by atoms with van der Waals surface area (Å²) in [6, 6.07) is 11.2. The van der Waals surface area contributed by atoms with Gasteiger partial charge in [0.2, 0.25) is 0 Å². The summed E-state index contributed by atoms with van der Waals surface area (Å²) >= 11 is 0. The predicted octanol–water partition coefficient (Wildman–Crippen LogP) is 3.68. The van der Waals surface area contributed by atoms with Crippen LogP contribution in [0.4, 0.5) is 0 Å². The van der Waals surface area contributed by atoms with Crippen LogP contribution >= 0.6 is 0 Å². The maximum absolute atomic E-state index is 12.8. The molecule has 0 saturated heterocycles. The molecule has 0 fully saturated rings. The highest BCUT2D eigenvalue weighted by Gasteiger charge is 2.27. The van der Waals surface area contributed by atoms with Crippen molar-refractivity contribution in [3.8, 4) is 11.5 Å². The zero-order valence-electron chi connectivity index (χ0n) is 15.4. The Kier molecular flexibility index (Phi) is 4.07. The van der Waals surface area contributed by atoms with Crippen LogP contribution in [0.1, 0.15) is 27.0 Å². The Balaban J connectivity index is 1.79. The number of H-pyrrole nitrogens is 1. The number of aromatic nitrogens is 1. The molecule has 1 aliphatic carbocycles. The molecule has 0 radical (unpaired) electrons. The molecule has 0 aliphatic heterocycles. The number of carbonyl (C=O) groups excluding carboxylic acids is 1. The van der Waals surface area contributed by atoms with Crippen molar-refractivity contribution in [3.63, 3.8) is 0 Å². The smallest absolute Gasteiger partial charge is 0.255 e. The largest absolute Gasteiger partial charge is 0.493 e. The molecule has 3 aromatic rings. The number of hydrogen-bond acceptors (Lipinski definition) is 4. The average Bonchev–Trinajstić information content (AvgIpc) is 2.97.